The van der Waals surface area contributed by atoms with Gasteiger partial charge in [0.25, 0.3) is 0 Å². The van der Waals surface area contributed by atoms with E-state index >= 15 is 0 Å². The van der Waals surface area contributed by atoms with Crippen molar-refractivity contribution in [2.75, 3.05) is 0 Å². The predicted molar refractivity (Wildman–Crippen MR) is 103 cm³/mol. The van der Waals surface area contributed by atoms with Crippen LogP contribution >= 0.6 is 0 Å². The number of benzene rings is 3. The lowest BCUT2D eigenvalue weighted by Gasteiger charge is -2.24. The Morgan fingerprint density at radius 1 is 0.708 bits per heavy atom. The Bertz CT molecular complexity index is 1110. The van der Waals surface area contributed by atoms with Crippen molar-refractivity contribution in [1.29, 1.82) is 0 Å². The molecule has 3 aromatic carbocycles. The van der Waals surface area contributed by atoms with Crippen molar-refractivity contribution in [3.8, 4) is 11.1 Å². The molecule has 0 bridgehead atoms. The lowest BCUT2D eigenvalue weighted by atomic mass is 10.0. The minimum atomic E-state index is 0.0566. The number of para-hydroxylation sites is 1. The Labute approximate surface area is 142 Å². The number of aromatic nitrogens is 1. The summed E-state index contributed by atoms with van der Waals surface area (Å²) in [6.07, 6.45) is 1.05. The van der Waals surface area contributed by atoms with Gasteiger partial charge in [-0.25, -0.2) is 0 Å². The Hall–Kier alpha value is -2.54. The lowest BCUT2D eigenvalue weighted by molar-refractivity contribution is 0.423. The van der Waals surface area contributed by atoms with Gasteiger partial charge in [-0.15, -0.1) is 0 Å². The molecule has 0 N–H and O–H groups in total. The fourth-order valence-electron chi connectivity index (χ4n) is 4.32. The van der Waals surface area contributed by atoms with Crippen LogP contribution in [0.5, 0.6) is 0 Å². The van der Waals surface area contributed by atoms with Gasteiger partial charge in [-0.3, -0.25) is 0 Å². The molecular weight excluding hydrogens is 290 g/mol. The van der Waals surface area contributed by atoms with Crippen molar-refractivity contribution in [2.45, 2.75) is 32.7 Å². The van der Waals surface area contributed by atoms with Crippen LogP contribution in [0.4, 0.5) is 0 Å². The Balaban J connectivity index is 1.94. The summed E-state index contributed by atoms with van der Waals surface area (Å²) < 4.78 is 2.50. The first-order valence-electron chi connectivity index (χ1n) is 8.69. The van der Waals surface area contributed by atoms with Gasteiger partial charge in [0.2, 0.25) is 0 Å². The van der Waals surface area contributed by atoms with E-state index in [0.717, 1.165) is 6.42 Å². The maximum Gasteiger partial charge on any atom is 0.0499 e. The van der Waals surface area contributed by atoms with E-state index in [4.69, 9.17) is 0 Å². The quantitative estimate of drug-likeness (QED) is 0.324. The van der Waals surface area contributed by atoms with Crippen LogP contribution in [0.15, 0.2) is 60.7 Å². The van der Waals surface area contributed by atoms with Crippen LogP contribution in [0, 0.1) is 0 Å². The highest BCUT2D eigenvalue weighted by atomic mass is 15.0. The highest BCUT2D eigenvalue weighted by Gasteiger charge is 2.24. The van der Waals surface area contributed by atoms with Crippen LogP contribution < -0.4 is 0 Å². The van der Waals surface area contributed by atoms with Crippen molar-refractivity contribution in [2.24, 2.45) is 0 Å². The molecule has 1 heterocycles. The van der Waals surface area contributed by atoms with Gasteiger partial charge in [0, 0.05) is 27.3 Å². The van der Waals surface area contributed by atoms with Crippen LogP contribution in [-0.2, 0) is 12.0 Å². The number of hydrogen-bond acceptors (Lipinski definition) is 0. The molecule has 1 aliphatic carbocycles. The highest BCUT2D eigenvalue weighted by molar-refractivity contribution is 6.10. The third-order valence-electron chi connectivity index (χ3n) is 5.26. The fraction of sp³-hybridized carbons (Fsp3) is 0.217. The minimum absolute atomic E-state index is 0.0566. The van der Waals surface area contributed by atoms with Gasteiger partial charge in [0.1, 0.15) is 0 Å². The molecular formula is C23H21N. The van der Waals surface area contributed by atoms with Gasteiger partial charge >= 0.3 is 0 Å². The fourth-order valence-corrected chi connectivity index (χ4v) is 4.32. The third kappa shape index (κ3) is 1.76. The van der Waals surface area contributed by atoms with Gasteiger partial charge in [0.05, 0.1) is 0 Å². The second-order valence-corrected chi connectivity index (χ2v) is 7.88. The third-order valence-corrected chi connectivity index (χ3v) is 5.26. The first kappa shape index (κ1) is 13.9. The number of nitrogens with zero attached hydrogens (tertiary/aromatic N) is 1. The molecule has 5 rings (SSSR count). The van der Waals surface area contributed by atoms with E-state index in [1.165, 1.54) is 44.1 Å². The monoisotopic (exact) mass is 311 g/mol. The molecule has 1 aliphatic rings. The summed E-state index contributed by atoms with van der Waals surface area (Å²) in [5, 5.41) is 2.73. The maximum atomic E-state index is 2.50. The van der Waals surface area contributed by atoms with E-state index in [0.29, 0.717) is 0 Å². The number of hydrogen-bond donors (Lipinski definition) is 0. The summed E-state index contributed by atoms with van der Waals surface area (Å²) in [5.74, 6) is 0. The zero-order valence-electron chi connectivity index (χ0n) is 14.4. The van der Waals surface area contributed by atoms with Crippen molar-refractivity contribution >= 4 is 21.8 Å². The normalized spacial score (nSPS) is 13.5. The van der Waals surface area contributed by atoms with Crippen molar-refractivity contribution in [3.05, 3.63) is 71.8 Å². The molecule has 0 saturated carbocycles. The van der Waals surface area contributed by atoms with Gasteiger partial charge in [-0.05, 0) is 67.6 Å². The summed E-state index contributed by atoms with van der Waals surface area (Å²) in [7, 11) is 0. The van der Waals surface area contributed by atoms with Crippen LogP contribution in [0.25, 0.3) is 32.9 Å². The average molecular weight is 311 g/mol. The standard InChI is InChI=1S/C23H21N/c1-23(2,3)24-21-11-7-6-10-18(21)20-14-19-16(13-22(20)24)12-15-8-4-5-9-17(15)19/h4-11,13-14H,12H2,1-3H3. The maximum absolute atomic E-state index is 2.50. The molecule has 0 radical (unpaired) electrons. The van der Waals surface area contributed by atoms with Crippen molar-refractivity contribution in [1.82, 2.24) is 4.57 Å². The second-order valence-electron chi connectivity index (χ2n) is 7.88. The summed E-state index contributed by atoms with van der Waals surface area (Å²) in [5.41, 5.74) is 8.47. The smallest absolute Gasteiger partial charge is 0.0499 e. The molecule has 0 spiro atoms. The van der Waals surface area contributed by atoms with E-state index in [1.807, 2.05) is 0 Å². The first-order valence-corrected chi connectivity index (χ1v) is 8.69. The number of rotatable bonds is 0. The van der Waals surface area contributed by atoms with Crippen LogP contribution in [0.3, 0.4) is 0 Å². The van der Waals surface area contributed by atoms with E-state index in [9.17, 15) is 0 Å². The molecule has 118 valence electrons. The summed E-state index contributed by atoms with van der Waals surface area (Å²) >= 11 is 0. The molecule has 24 heavy (non-hydrogen) atoms. The summed E-state index contributed by atoms with van der Waals surface area (Å²) in [6.45, 7) is 6.88. The minimum Gasteiger partial charge on any atom is -0.335 e. The summed E-state index contributed by atoms with van der Waals surface area (Å²) in [4.78, 5) is 0. The topological polar surface area (TPSA) is 4.93 Å². The lowest BCUT2D eigenvalue weighted by Crippen LogP contribution is -2.21. The zero-order valence-corrected chi connectivity index (χ0v) is 14.4. The molecule has 0 fully saturated rings. The van der Waals surface area contributed by atoms with Crippen LogP contribution in [0.2, 0.25) is 0 Å². The summed E-state index contributed by atoms with van der Waals surface area (Å²) in [6, 6.07) is 22.5. The molecule has 4 aromatic rings. The van der Waals surface area contributed by atoms with Gasteiger partial charge < -0.3 is 4.57 Å². The molecule has 1 nitrogen and oxygen atoms in total. The van der Waals surface area contributed by atoms with E-state index in [1.54, 1.807) is 0 Å². The first-order chi connectivity index (χ1) is 11.5. The molecule has 0 saturated heterocycles. The molecule has 0 amide bonds. The molecule has 0 atom stereocenters. The Morgan fingerprint density at radius 3 is 2.29 bits per heavy atom. The van der Waals surface area contributed by atoms with Crippen LogP contribution in [-0.4, -0.2) is 4.57 Å². The largest absolute Gasteiger partial charge is 0.335 e. The second kappa shape index (κ2) is 4.51. The number of fused-ring (bicyclic) bond motifs is 6. The zero-order chi connectivity index (χ0) is 16.5. The molecule has 1 heteroatoms. The molecule has 0 aliphatic heterocycles. The SMILES string of the molecule is CC(C)(C)n1c2ccccc2c2cc3c(cc21)Cc1ccccc1-3. The molecule has 1 aromatic heterocycles. The highest BCUT2D eigenvalue weighted by Crippen LogP contribution is 2.42. The van der Waals surface area contributed by atoms with E-state index in [-0.39, 0.29) is 5.54 Å². The Kier molecular flexibility index (Phi) is 2.60. The molecule has 0 unspecified atom stereocenters. The van der Waals surface area contributed by atoms with Gasteiger partial charge in [-0.2, -0.15) is 0 Å². The van der Waals surface area contributed by atoms with Crippen LogP contribution in [0.1, 0.15) is 31.9 Å². The predicted octanol–water partition coefficient (Wildman–Crippen LogP) is 6.12. The van der Waals surface area contributed by atoms with Gasteiger partial charge in [-0.1, -0.05) is 42.5 Å². The van der Waals surface area contributed by atoms with Crippen molar-refractivity contribution < 1.29 is 0 Å². The van der Waals surface area contributed by atoms with E-state index < -0.39 is 0 Å². The average Bonchev–Trinajstić information content (AvgIpc) is 3.07. The Morgan fingerprint density at radius 2 is 1.46 bits per heavy atom. The van der Waals surface area contributed by atoms with Crippen molar-refractivity contribution in [3.63, 3.8) is 0 Å². The van der Waals surface area contributed by atoms with Gasteiger partial charge in [0.15, 0.2) is 0 Å². The van der Waals surface area contributed by atoms with E-state index in [2.05, 4.69) is 86.0 Å².